The smallest absolute Gasteiger partial charge is 0.191 e. The highest BCUT2D eigenvalue weighted by atomic mass is 32.1. The van der Waals surface area contributed by atoms with Crippen LogP contribution in [0.15, 0.2) is 65.8 Å². The van der Waals surface area contributed by atoms with Gasteiger partial charge in [0.05, 0.1) is 6.61 Å². The average molecular weight is 325 g/mol. The van der Waals surface area contributed by atoms with Gasteiger partial charge in [0.15, 0.2) is 5.11 Å². The minimum atomic E-state index is 0.429. The van der Waals surface area contributed by atoms with E-state index in [4.69, 9.17) is 17.0 Å². The number of nitrogens with zero attached hydrogens (tertiary/aromatic N) is 1. The minimum Gasteiger partial charge on any atom is -0.494 e. The molecule has 0 aromatic heterocycles. The van der Waals surface area contributed by atoms with E-state index in [1.807, 2.05) is 73.7 Å². The molecule has 23 heavy (non-hydrogen) atoms. The Labute approximate surface area is 141 Å². The predicted molar refractivity (Wildman–Crippen MR) is 101 cm³/mol. The second kappa shape index (κ2) is 9.38. The van der Waals surface area contributed by atoms with E-state index in [0.29, 0.717) is 11.7 Å². The number of thiocarbonyl (C=S) groups is 1. The molecule has 5 heteroatoms. The minimum absolute atomic E-state index is 0.429. The lowest BCUT2D eigenvalue weighted by atomic mass is 10.2. The predicted octanol–water partition coefficient (Wildman–Crippen LogP) is 4.07. The molecule has 0 bridgehead atoms. The summed E-state index contributed by atoms with van der Waals surface area (Å²) in [6.45, 7) is 2.60. The molecule has 0 fully saturated rings. The molecule has 0 spiro atoms. The van der Waals surface area contributed by atoms with Crippen molar-refractivity contribution in [2.24, 2.45) is 5.10 Å². The number of allylic oxidation sites excluding steroid dienone is 1. The van der Waals surface area contributed by atoms with Crippen molar-refractivity contribution in [1.29, 1.82) is 0 Å². The van der Waals surface area contributed by atoms with Crippen molar-refractivity contribution in [2.45, 2.75) is 6.92 Å². The first-order valence-corrected chi connectivity index (χ1v) is 7.73. The topological polar surface area (TPSA) is 45.6 Å². The molecule has 0 aliphatic heterocycles. The van der Waals surface area contributed by atoms with Gasteiger partial charge in [-0.3, -0.25) is 5.43 Å². The van der Waals surface area contributed by atoms with Gasteiger partial charge in [0.1, 0.15) is 5.75 Å². The van der Waals surface area contributed by atoms with Crippen LogP contribution in [0.5, 0.6) is 5.75 Å². The van der Waals surface area contributed by atoms with Crippen molar-refractivity contribution in [3.63, 3.8) is 0 Å². The summed E-state index contributed by atoms with van der Waals surface area (Å²) in [5.74, 6) is 0.834. The van der Waals surface area contributed by atoms with Gasteiger partial charge in [0.2, 0.25) is 0 Å². The van der Waals surface area contributed by atoms with E-state index in [1.165, 1.54) is 0 Å². The summed E-state index contributed by atoms with van der Waals surface area (Å²) in [4.78, 5) is 0. The summed E-state index contributed by atoms with van der Waals surface area (Å²) < 4.78 is 5.39. The normalized spacial score (nSPS) is 10.8. The lowest BCUT2D eigenvalue weighted by molar-refractivity contribution is 0.340. The number of hydrazone groups is 1. The van der Waals surface area contributed by atoms with E-state index in [2.05, 4.69) is 15.8 Å². The highest BCUT2D eigenvalue weighted by molar-refractivity contribution is 7.80. The van der Waals surface area contributed by atoms with Crippen LogP contribution in [0.2, 0.25) is 0 Å². The molecule has 0 saturated carbocycles. The zero-order valence-corrected chi connectivity index (χ0v) is 13.7. The quantitative estimate of drug-likeness (QED) is 0.477. The molecular formula is C18H19N3OS. The Balaban J connectivity index is 1.76. The van der Waals surface area contributed by atoms with Crippen LogP contribution >= 0.6 is 12.2 Å². The first-order chi connectivity index (χ1) is 11.3. The van der Waals surface area contributed by atoms with Crippen LogP contribution in [-0.4, -0.2) is 17.9 Å². The molecule has 0 unspecified atom stereocenters. The van der Waals surface area contributed by atoms with Gasteiger partial charge in [0.25, 0.3) is 0 Å². The SMILES string of the molecule is CCOc1ccc(NC(=S)N/N=C\C=C\c2ccccc2)cc1. The Kier molecular flexibility index (Phi) is 6.81. The maximum absolute atomic E-state index is 5.39. The lowest BCUT2D eigenvalue weighted by Crippen LogP contribution is -2.23. The summed E-state index contributed by atoms with van der Waals surface area (Å²) in [5, 5.41) is 7.52. The standard InChI is InChI=1S/C18H19N3OS/c1-2-22-17-12-10-16(11-13-17)20-18(23)21-19-14-6-9-15-7-4-3-5-8-15/h3-14H,2H2,1H3,(H2,20,21,23)/b9-6+,19-14-. The summed E-state index contributed by atoms with van der Waals surface area (Å²) in [5.41, 5.74) is 4.76. The van der Waals surface area contributed by atoms with Gasteiger partial charge in [-0.25, -0.2) is 0 Å². The van der Waals surface area contributed by atoms with E-state index in [1.54, 1.807) is 6.21 Å². The van der Waals surface area contributed by atoms with Gasteiger partial charge in [-0.05, 0) is 55.0 Å². The fraction of sp³-hybridized carbons (Fsp3) is 0.111. The highest BCUT2D eigenvalue weighted by Gasteiger charge is 1.97. The molecule has 2 aromatic rings. The summed E-state index contributed by atoms with van der Waals surface area (Å²) >= 11 is 5.17. The maximum atomic E-state index is 5.39. The fourth-order valence-corrected chi connectivity index (χ4v) is 1.99. The number of anilines is 1. The summed E-state index contributed by atoms with van der Waals surface area (Å²) in [6, 6.07) is 17.6. The zero-order chi connectivity index (χ0) is 16.3. The molecule has 2 rings (SSSR count). The third kappa shape index (κ3) is 6.32. The highest BCUT2D eigenvalue weighted by Crippen LogP contribution is 2.15. The van der Waals surface area contributed by atoms with Gasteiger partial charge < -0.3 is 10.1 Å². The second-order valence-corrected chi connectivity index (χ2v) is 4.98. The Hall–Kier alpha value is -2.66. The molecule has 0 radical (unpaired) electrons. The van der Waals surface area contributed by atoms with Gasteiger partial charge >= 0.3 is 0 Å². The fourth-order valence-electron chi connectivity index (χ4n) is 1.82. The Morgan fingerprint density at radius 3 is 2.57 bits per heavy atom. The molecule has 0 aliphatic rings. The Morgan fingerprint density at radius 1 is 1.13 bits per heavy atom. The van der Waals surface area contributed by atoms with Crippen LogP contribution in [0.25, 0.3) is 6.08 Å². The molecule has 2 N–H and O–H groups in total. The zero-order valence-electron chi connectivity index (χ0n) is 12.9. The van der Waals surface area contributed by atoms with E-state index >= 15 is 0 Å². The van der Waals surface area contributed by atoms with Crippen LogP contribution in [-0.2, 0) is 0 Å². The third-order valence-electron chi connectivity index (χ3n) is 2.84. The second-order valence-electron chi connectivity index (χ2n) is 4.57. The molecule has 0 heterocycles. The van der Waals surface area contributed by atoms with Crippen LogP contribution in [0, 0.1) is 0 Å². The van der Waals surface area contributed by atoms with Gasteiger partial charge in [-0.1, -0.05) is 36.4 Å². The van der Waals surface area contributed by atoms with E-state index < -0.39 is 0 Å². The molecule has 2 aromatic carbocycles. The number of hydrogen-bond acceptors (Lipinski definition) is 3. The van der Waals surface area contributed by atoms with Crippen molar-refractivity contribution in [3.05, 3.63) is 66.2 Å². The first kappa shape index (κ1) is 16.7. The van der Waals surface area contributed by atoms with Crippen LogP contribution < -0.4 is 15.5 Å². The van der Waals surface area contributed by atoms with E-state index in [9.17, 15) is 0 Å². The van der Waals surface area contributed by atoms with Crippen LogP contribution in [0.4, 0.5) is 5.69 Å². The molecule has 0 aliphatic carbocycles. The van der Waals surface area contributed by atoms with Crippen LogP contribution in [0.1, 0.15) is 12.5 Å². The largest absolute Gasteiger partial charge is 0.494 e. The number of nitrogens with one attached hydrogen (secondary N) is 2. The van der Waals surface area contributed by atoms with Crippen molar-refractivity contribution >= 4 is 35.3 Å². The molecule has 4 nitrogen and oxygen atoms in total. The number of hydrogen-bond donors (Lipinski definition) is 2. The van der Waals surface area contributed by atoms with E-state index in [-0.39, 0.29) is 0 Å². The molecule has 0 amide bonds. The molecular weight excluding hydrogens is 306 g/mol. The van der Waals surface area contributed by atoms with Gasteiger partial charge in [-0.2, -0.15) is 5.10 Å². The van der Waals surface area contributed by atoms with Crippen molar-refractivity contribution in [1.82, 2.24) is 5.43 Å². The number of benzene rings is 2. The summed E-state index contributed by atoms with van der Waals surface area (Å²) in [6.07, 6.45) is 5.47. The Bertz CT molecular complexity index is 666. The lowest BCUT2D eigenvalue weighted by Gasteiger charge is -2.08. The maximum Gasteiger partial charge on any atom is 0.191 e. The van der Waals surface area contributed by atoms with Gasteiger partial charge in [-0.15, -0.1) is 0 Å². The number of ether oxygens (including phenoxy) is 1. The summed E-state index contributed by atoms with van der Waals surface area (Å²) in [7, 11) is 0. The Morgan fingerprint density at radius 2 is 1.87 bits per heavy atom. The molecule has 0 saturated heterocycles. The van der Waals surface area contributed by atoms with Crippen molar-refractivity contribution in [3.8, 4) is 5.75 Å². The first-order valence-electron chi connectivity index (χ1n) is 7.32. The van der Waals surface area contributed by atoms with Crippen LogP contribution in [0.3, 0.4) is 0 Å². The molecule has 118 valence electrons. The number of rotatable bonds is 6. The average Bonchev–Trinajstić information content (AvgIpc) is 2.57. The monoisotopic (exact) mass is 325 g/mol. The van der Waals surface area contributed by atoms with E-state index in [0.717, 1.165) is 17.0 Å². The van der Waals surface area contributed by atoms with Gasteiger partial charge in [0, 0.05) is 11.9 Å². The molecule has 0 atom stereocenters. The third-order valence-corrected chi connectivity index (χ3v) is 3.03. The van der Waals surface area contributed by atoms with Crippen molar-refractivity contribution in [2.75, 3.05) is 11.9 Å². The van der Waals surface area contributed by atoms with Crippen molar-refractivity contribution < 1.29 is 4.74 Å².